The molecule has 0 aliphatic carbocycles. The van der Waals surface area contributed by atoms with Crippen molar-refractivity contribution in [1.29, 1.82) is 0 Å². The summed E-state index contributed by atoms with van der Waals surface area (Å²) in [6.07, 6.45) is 1.42. The molecule has 1 N–H and O–H groups in total. The first-order chi connectivity index (χ1) is 15.7. The van der Waals surface area contributed by atoms with Gasteiger partial charge in [-0.2, -0.15) is 0 Å². The van der Waals surface area contributed by atoms with Crippen molar-refractivity contribution in [3.63, 3.8) is 0 Å². The van der Waals surface area contributed by atoms with Crippen molar-refractivity contribution >= 4 is 34.0 Å². The van der Waals surface area contributed by atoms with Gasteiger partial charge in [0.25, 0.3) is 5.91 Å². The molecule has 0 atom stereocenters. The van der Waals surface area contributed by atoms with E-state index in [1.165, 1.54) is 0 Å². The molecule has 1 saturated heterocycles. The Bertz CT molecular complexity index is 1290. The number of carbonyl (C=O) groups excluding carboxylic acids is 2. The zero-order valence-corrected chi connectivity index (χ0v) is 17.4. The third kappa shape index (κ3) is 4.21. The maximum atomic E-state index is 12.6. The van der Waals surface area contributed by atoms with Crippen LogP contribution in [0.1, 0.15) is 29.2 Å². The minimum Gasteiger partial charge on any atom is -0.486 e. The highest BCUT2D eigenvalue weighted by molar-refractivity contribution is 6.03. The summed E-state index contributed by atoms with van der Waals surface area (Å²) < 4.78 is 11.5. The van der Waals surface area contributed by atoms with Crippen molar-refractivity contribution in [2.75, 3.05) is 16.8 Å². The first-order valence-corrected chi connectivity index (χ1v) is 10.6. The Labute approximate surface area is 185 Å². The van der Waals surface area contributed by atoms with Crippen LogP contribution in [-0.2, 0) is 11.4 Å². The Kier molecular flexibility index (Phi) is 5.34. The molecule has 160 valence electrons. The first kappa shape index (κ1) is 19.9. The van der Waals surface area contributed by atoms with Crippen molar-refractivity contribution in [2.45, 2.75) is 19.4 Å². The highest BCUT2D eigenvalue weighted by atomic mass is 16.5. The summed E-state index contributed by atoms with van der Waals surface area (Å²) in [7, 11) is 0. The SMILES string of the molecule is O=C(Nc1cccc(N2CCCC2=O)c1)c1ccc(COc2ccc3ccccc3c2)o1. The second-order valence-electron chi connectivity index (χ2n) is 7.72. The number of amides is 2. The number of fused-ring (bicyclic) bond motifs is 1. The van der Waals surface area contributed by atoms with Crippen molar-refractivity contribution in [3.05, 3.63) is 90.4 Å². The van der Waals surface area contributed by atoms with E-state index >= 15 is 0 Å². The Morgan fingerprint density at radius 3 is 2.69 bits per heavy atom. The van der Waals surface area contributed by atoms with Crippen LogP contribution in [-0.4, -0.2) is 18.4 Å². The van der Waals surface area contributed by atoms with E-state index < -0.39 is 0 Å². The molecule has 0 radical (unpaired) electrons. The number of ether oxygens (including phenoxy) is 1. The van der Waals surface area contributed by atoms with E-state index in [2.05, 4.69) is 11.4 Å². The molecule has 6 nitrogen and oxygen atoms in total. The van der Waals surface area contributed by atoms with E-state index in [0.29, 0.717) is 24.4 Å². The van der Waals surface area contributed by atoms with E-state index in [1.54, 1.807) is 29.2 Å². The minimum atomic E-state index is -0.355. The fourth-order valence-corrected chi connectivity index (χ4v) is 3.85. The third-order valence-corrected chi connectivity index (χ3v) is 5.48. The Balaban J connectivity index is 1.22. The smallest absolute Gasteiger partial charge is 0.291 e. The zero-order valence-electron chi connectivity index (χ0n) is 17.4. The van der Waals surface area contributed by atoms with Crippen LogP contribution in [0.4, 0.5) is 11.4 Å². The van der Waals surface area contributed by atoms with Gasteiger partial charge in [-0.05, 0) is 59.7 Å². The van der Waals surface area contributed by atoms with Gasteiger partial charge < -0.3 is 19.4 Å². The maximum Gasteiger partial charge on any atom is 0.291 e. The third-order valence-electron chi connectivity index (χ3n) is 5.48. The number of furan rings is 1. The van der Waals surface area contributed by atoms with Crippen LogP contribution >= 0.6 is 0 Å². The van der Waals surface area contributed by atoms with E-state index in [4.69, 9.17) is 9.15 Å². The number of nitrogens with zero attached hydrogens (tertiary/aromatic N) is 1. The van der Waals surface area contributed by atoms with E-state index in [1.807, 2.05) is 48.5 Å². The average Bonchev–Trinajstić information content (AvgIpc) is 3.47. The quantitative estimate of drug-likeness (QED) is 0.449. The molecule has 1 aliphatic rings. The summed E-state index contributed by atoms with van der Waals surface area (Å²) in [5.41, 5.74) is 1.40. The molecule has 2 heterocycles. The van der Waals surface area contributed by atoms with Crippen molar-refractivity contribution in [2.24, 2.45) is 0 Å². The summed E-state index contributed by atoms with van der Waals surface area (Å²) in [5, 5.41) is 5.08. The van der Waals surface area contributed by atoms with Gasteiger partial charge in [0.05, 0.1) is 0 Å². The van der Waals surface area contributed by atoms with Crippen LogP contribution in [0.3, 0.4) is 0 Å². The molecule has 2 amide bonds. The molecule has 0 unspecified atom stereocenters. The number of benzene rings is 3. The van der Waals surface area contributed by atoms with Crippen molar-refractivity contribution < 1.29 is 18.7 Å². The van der Waals surface area contributed by atoms with Crippen LogP contribution in [0.15, 0.2) is 83.3 Å². The van der Waals surface area contributed by atoms with Gasteiger partial charge in [0.15, 0.2) is 5.76 Å². The molecule has 32 heavy (non-hydrogen) atoms. The predicted octanol–water partition coefficient (Wildman–Crippen LogP) is 5.39. The molecule has 5 rings (SSSR count). The molecule has 0 spiro atoms. The second kappa shape index (κ2) is 8.59. The van der Waals surface area contributed by atoms with Gasteiger partial charge in [-0.25, -0.2) is 0 Å². The standard InChI is InChI=1S/C26H22N2O4/c29-25-9-4-14-28(25)21-8-3-7-20(16-21)27-26(30)24-13-12-23(32-24)17-31-22-11-10-18-5-1-2-6-19(18)15-22/h1-3,5-8,10-13,15-16H,4,9,14,17H2,(H,27,30). The molecule has 1 aliphatic heterocycles. The topological polar surface area (TPSA) is 71.8 Å². The average molecular weight is 426 g/mol. The number of anilines is 2. The highest BCUT2D eigenvalue weighted by Crippen LogP contribution is 2.25. The lowest BCUT2D eigenvalue weighted by Gasteiger charge is -2.16. The summed E-state index contributed by atoms with van der Waals surface area (Å²) in [6, 6.07) is 24.6. The molecule has 1 fully saturated rings. The summed E-state index contributed by atoms with van der Waals surface area (Å²) in [4.78, 5) is 26.3. The van der Waals surface area contributed by atoms with Gasteiger partial charge in [0, 0.05) is 24.3 Å². The Morgan fingerprint density at radius 2 is 1.84 bits per heavy atom. The van der Waals surface area contributed by atoms with E-state index in [9.17, 15) is 9.59 Å². The Hall–Kier alpha value is -4.06. The summed E-state index contributed by atoms with van der Waals surface area (Å²) in [6.45, 7) is 0.924. The molecule has 0 saturated carbocycles. The lowest BCUT2D eigenvalue weighted by atomic mass is 10.1. The fourth-order valence-electron chi connectivity index (χ4n) is 3.85. The molecule has 3 aromatic carbocycles. The summed E-state index contributed by atoms with van der Waals surface area (Å²) >= 11 is 0. The van der Waals surface area contributed by atoms with Gasteiger partial charge in [-0.15, -0.1) is 0 Å². The van der Waals surface area contributed by atoms with Gasteiger partial charge in [0.2, 0.25) is 5.91 Å². The molecular formula is C26H22N2O4. The fraction of sp³-hybridized carbons (Fsp3) is 0.154. The van der Waals surface area contributed by atoms with Crippen LogP contribution in [0.25, 0.3) is 10.8 Å². The number of hydrogen-bond acceptors (Lipinski definition) is 4. The number of carbonyl (C=O) groups is 2. The summed E-state index contributed by atoms with van der Waals surface area (Å²) in [5.74, 6) is 1.24. The molecular weight excluding hydrogens is 404 g/mol. The zero-order chi connectivity index (χ0) is 21.9. The first-order valence-electron chi connectivity index (χ1n) is 10.6. The molecule has 6 heteroatoms. The van der Waals surface area contributed by atoms with Gasteiger partial charge >= 0.3 is 0 Å². The molecule has 0 bridgehead atoms. The van der Waals surface area contributed by atoms with Crippen LogP contribution in [0.2, 0.25) is 0 Å². The number of rotatable bonds is 6. The Morgan fingerprint density at radius 1 is 0.969 bits per heavy atom. The molecule has 4 aromatic rings. The van der Waals surface area contributed by atoms with E-state index in [-0.39, 0.29) is 24.2 Å². The van der Waals surface area contributed by atoms with Gasteiger partial charge in [-0.1, -0.05) is 36.4 Å². The van der Waals surface area contributed by atoms with Crippen LogP contribution in [0.5, 0.6) is 5.75 Å². The molecule has 1 aromatic heterocycles. The lowest BCUT2D eigenvalue weighted by Crippen LogP contribution is -2.23. The largest absolute Gasteiger partial charge is 0.486 e. The van der Waals surface area contributed by atoms with Crippen LogP contribution in [0, 0.1) is 0 Å². The highest BCUT2D eigenvalue weighted by Gasteiger charge is 2.22. The predicted molar refractivity (Wildman–Crippen MR) is 123 cm³/mol. The van der Waals surface area contributed by atoms with Crippen LogP contribution < -0.4 is 15.0 Å². The minimum absolute atomic E-state index is 0.107. The maximum absolute atomic E-state index is 12.6. The number of hydrogen-bond donors (Lipinski definition) is 1. The van der Waals surface area contributed by atoms with Gasteiger partial charge in [-0.3, -0.25) is 9.59 Å². The normalized spacial score (nSPS) is 13.5. The number of nitrogens with one attached hydrogen (secondary N) is 1. The van der Waals surface area contributed by atoms with Gasteiger partial charge in [0.1, 0.15) is 18.1 Å². The van der Waals surface area contributed by atoms with E-state index in [0.717, 1.165) is 28.6 Å². The second-order valence-corrected chi connectivity index (χ2v) is 7.72. The monoisotopic (exact) mass is 426 g/mol. The van der Waals surface area contributed by atoms with Crippen molar-refractivity contribution in [1.82, 2.24) is 0 Å². The van der Waals surface area contributed by atoms with Crippen molar-refractivity contribution in [3.8, 4) is 5.75 Å². The lowest BCUT2D eigenvalue weighted by molar-refractivity contribution is -0.117.